The molecular weight excluding hydrogens is 182 g/mol. The van der Waals surface area contributed by atoms with Crippen LogP contribution in [-0.4, -0.2) is 36.9 Å². The number of piperidine rings is 1. The standard InChI is InChI=1S/C10H19NO3/c1-2-14-9-5-8(6-11-7-9)3-4-10(12)13/h8-9,11H,2-7H2,1H3,(H,12,13)/t8-,9-/m0/s1. The smallest absolute Gasteiger partial charge is 0.303 e. The molecule has 0 bridgehead atoms. The third-order valence-electron chi connectivity index (χ3n) is 2.57. The second kappa shape index (κ2) is 5.98. The van der Waals surface area contributed by atoms with Gasteiger partial charge in [0.25, 0.3) is 0 Å². The predicted octanol–water partition coefficient (Wildman–Crippen LogP) is 0.866. The minimum atomic E-state index is -0.705. The largest absolute Gasteiger partial charge is 0.481 e. The van der Waals surface area contributed by atoms with Gasteiger partial charge in [-0.15, -0.1) is 0 Å². The van der Waals surface area contributed by atoms with Crippen molar-refractivity contribution in [2.45, 2.75) is 32.3 Å². The van der Waals surface area contributed by atoms with Gasteiger partial charge in [0.05, 0.1) is 6.10 Å². The summed E-state index contributed by atoms with van der Waals surface area (Å²) in [6.07, 6.45) is 2.29. The van der Waals surface area contributed by atoms with Gasteiger partial charge in [-0.3, -0.25) is 4.79 Å². The van der Waals surface area contributed by atoms with Crippen molar-refractivity contribution >= 4 is 5.97 Å². The lowest BCUT2D eigenvalue weighted by atomic mass is 9.93. The van der Waals surface area contributed by atoms with Crippen LogP contribution in [0.15, 0.2) is 0 Å². The summed E-state index contributed by atoms with van der Waals surface area (Å²) in [4.78, 5) is 10.4. The first-order valence-corrected chi connectivity index (χ1v) is 5.26. The zero-order chi connectivity index (χ0) is 10.4. The number of carboxylic acid groups (broad SMARTS) is 1. The Balaban J connectivity index is 2.21. The van der Waals surface area contributed by atoms with Gasteiger partial charge in [-0.25, -0.2) is 0 Å². The molecule has 1 aliphatic rings. The van der Waals surface area contributed by atoms with Crippen LogP contribution in [0.5, 0.6) is 0 Å². The number of ether oxygens (including phenoxy) is 1. The first-order chi connectivity index (χ1) is 6.72. The average molecular weight is 201 g/mol. The van der Waals surface area contributed by atoms with E-state index in [1.165, 1.54) is 0 Å². The fraction of sp³-hybridized carbons (Fsp3) is 0.900. The molecule has 14 heavy (non-hydrogen) atoms. The minimum Gasteiger partial charge on any atom is -0.481 e. The van der Waals surface area contributed by atoms with E-state index in [0.29, 0.717) is 5.92 Å². The van der Waals surface area contributed by atoms with Crippen LogP contribution in [0.4, 0.5) is 0 Å². The highest BCUT2D eigenvalue weighted by atomic mass is 16.5. The monoisotopic (exact) mass is 201 g/mol. The molecule has 0 saturated carbocycles. The molecule has 1 saturated heterocycles. The SMILES string of the molecule is CCO[C@@H]1CNC[C@@H](CCC(=O)O)C1. The first-order valence-electron chi connectivity index (χ1n) is 5.26. The van der Waals surface area contributed by atoms with Crippen LogP contribution in [-0.2, 0) is 9.53 Å². The summed E-state index contributed by atoms with van der Waals surface area (Å²) in [5, 5.41) is 11.8. The molecule has 1 heterocycles. The third kappa shape index (κ3) is 4.07. The van der Waals surface area contributed by atoms with Crippen molar-refractivity contribution in [3.63, 3.8) is 0 Å². The van der Waals surface area contributed by atoms with E-state index in [1.807, 2.05) is 6.92 Å². The Hall–Kier alpha value is -0.610. The summed E-state index contributed by atoms with van der Waals surface area (Å²) < 4.78 is 5.51. The number of carboxylic acids is 1. The van der Waals surface area contributed by atoms with Gasteiger partial charge in [0.2, 0.25) is 0 Å². The van der Waals surface area contributed by atoms with E-state index in [9.17, 15) is 4.79 Å². The Morgan fingerprint density at radius 1 is 1.57 bits per heavy atom. The lowest BCUT2D eigenvalue weighted by molar-refractivity contribution is -0.137. The fourth-order valence-corrected chi connectivity index (χ4v) is 1.90. The van der Waals surface area contributed by atoms with Gasteiger partial charge in [-0.05, 0) is 32.2 Å². The molecule has 0 aromatic rings. The van der Waals surface area contributed by atoms with E-state index < -0.39 is 5.97 Å². The van der Waals surface area contributed by atoms with Gasteiger partial charge < -0.3 is 15.2 Å². The molecule has 0 unspecified atom stereocenters. The van der Waals surface area contributed by atoms with Crippen molar-refractivity contribution in [3.8, 4) is 0 Å². The molecule has 0 spiro atoms. The van der Waals surface area contributed by atoms with E-state index in [0.717, 1.165) is 32.5 Å². The number of aliphatic carboxylic acids is 1. The summed E-state index contributed by atoms with van der Waals surface area (Å²) >= 11 is 0. The second-order valence-electron chi connectivity index (χ2n) is 3.77. The van der Waals surface area contributed by atoms with Gasteiger partial charge in [-0.1, -0.05) is 0 Å². The van der Waals surface area contributed by atoms with Crippen LogP contribution in [0.25, 0.3) is 0 Å². The van der Waals surface area contributed by atoms with Crippen LogP contribution < -0.4 is 5.32 Å². The molecule has 0 aliphatic carbocycles. The van der Waals surface area contributed by atoms with E-state index in [2.05, 4.69) is 5.32 Å². The van der Waals surface area contributed by atoms with Crippen LogP contribution >= 0.6 is 0 Å². The predicted molar refractivity (Wildman–Crippen MR) is 53.3 cm³/mol. The maximum Gasteiger partial charge on any atom is 0.303 e. The number of hydrogen-bond donors (Lipinski definition) is 2. The maximum absolute atomic E-state index is 10.4. The van der Waals surface area contributed by atoms with E-state index in [4.69, 9.17) is 9.84 Å². The molecule has 82 valence electrons. The van der Waals surface area contributed by atoms with Crippen molar-refractivity contribution in [1.82, 2.24) is 5.32 Å². The second-order valence-corrected chi connectivity index (χ2v) is 3.77. The number of carbonyl (C=O) groups is 1. The van der Waals surface area contributed by atoms with Gasteiger partial charge in [0.1, 0.15) is 0 Å². The lowest BCUT2D eigenvalue weighted by Gasteiger charge is -2.29. The molecule has 4 heteroatoms. The Bertz CT molecular complexity index is 182. The Kier molecular flexibility index (Phi) is 4.90. The molecule has 0 aromatic heterocycles. The molecule has 0 amide bonds. The maximum atomic E-state index is 10.4. The van der Waals surface area contributed by atoms with Crippen LogP contribution in [0.2, 0.25) is 0 Å². The Labute approximate surface area is 84.6 Å². The normalized spacial score (nSPS) is 27.5. The molecule has 0 aromatic carbocycles. The first kappa shape index (κ1) is 11.5. The van der Waals surface area contributed by atoms with E-state index in [1.54, 1.807) is 0 Å². The average Bonchev–Trinajstić information content (AvgIpc) is 2.16. The van der Waals surface area contributed by atoms with E-state index >= 15 is 0 Å². The highest BCUT2D eigenvalue weighted by Gasteiger charge is 2.21. The topological polar surface area (TPSA) is 58.6 Å². The van der Waals surface area contributed by atoms with Gasteiger partial charge in [-0.2, -0.15) is 0 Å². The summed E-state index contributed by atoms with van der Waals surface area (Å²) in [6, 6.07) is 0. The molecule has 0 radical (unpaired) electrons. The highest BCUT2D eigenvalue weighted by molar-refractivity contribution is 5.66. The third-order valence-corrected chi connectivity index (χ3v) is 2.57. The molecule has 1 rings (SSSR count). The van der Waals surface area contributed by atoms with Gasteiger partial charge in [0, 0.05) is 19.6 Å². The summed E-state index contributed by atoms with van der Waals surface area (Å²) in [5.74, 6) is -0.250. The van der Waals surface area contributed by atoms with Crippen molar-refractivity contribution in [3.05, 3.63) is 0 Å². The lowest BCUT2D eigenvalue weighted by Crippen LogP contribution is -2.40. The van der Waals surface area contributed by atoms with Crippen LogP contribution in [0, 0.1) is 5.92 Å². The fourth-order valence-electron chi connectivity index (χ4n) is 1.90. The van der Waals surface area contributed by atoms with Gasteiger partial charge in [0.15, 0.2) is 0 Å². The summed E-state index contributed by atoms with van der Waals surface area (Å²) in [7, 11) is 0. The number of hydrogen-bond acceptors (Lipinski definition) is 3. The molecule has 1 aliphatic heterocycles. The number of nitrogens with one attached hydrogen (secondary N) is 1. The van der Waals surface area contributed by atoms with Crippen molar-refractivity contribution < 1.29 is 14.6 Å². The van der Waals surface area contributed by atoms with Crippen molar-refractivity contribution in [1.29, 1.82) is 0 Å². The zero-order valence-corrected chi connectivity index (χ0v) is 8.66. The summed E-state index contributed by atoms with van der Waals surface area (Å²) in [6.45, 7) is 4.55. The van der Waals surface area contributed by atoms with Crippen LogP contribution in [0.3, 0.4) is 0 Å². The Morgan fingerprint density at radius 3 is 3.00 bits per heavy atom. The minimum absolute atomic E-state index is 0.269. The van der Waals surface area contributed by atoms with Gasteiger partial charge >= 0.3 is 5.97 Å². The van der Waals surface area contributed by atoms with Crippen molar-refractivity contribution in [2.75, 3.05) is 19.7 Å². The van der Waals surface area contributed by atoms with E-state index in [-0.39, 0.29) is 12.5 Å². The van der Waals surface area contributed by atoms with Crippen molar-refractivity contribution in [2.24, 2.45) is 5.92 Å². The highest BCUT2D eigenvalue weighted by Crippen LogP contribution is 2.18. The molecule has 2 N–H and O–H groups in total. The van der Waals surface area contributed by atoms with Crippen LogP contribution in [0.1, 0.15) is 26.2 Å². The molecule has 4 nitrogen and oxygen atoms in total. The molecular formula is C10H19NO3. The summed E-state index contributed by atoms with van der Waals surface area (Å²) in [5.41, 5.74) is 0. The molecule has 1 fully saturated rings. The zero-order valence-electron chi connectivity index (χ0n) is 8.66. The quantitative estimate of drug-likeness (QED) is 0.693. The molecule has 2 atom stereocenters. The number of rotatable bonds is 5. The Morgan fingerprint density at radius 2 is 2.36 bits per heavy atom.